The standard InChI is InChI=1S/C10H13N5O2/c1-3-11-6-9-12-10(15-17-9)7-4-5-8(16-2)14-13-7/h4-5,11H,3,6H2,1-2H3. The third-order valence-corrected chi connectivity index (χ3v) is 2.07. The Kier molecular flexibility index (Phi) is 3.61. The van der Waals surface area contributed by atoms with Gasteiger partial charge in [0.05, 0.1) is 13.7 Å². The number of rotatable bonds is 5. The van der Waals surface area contributed by atoms with Crippen molar-refractivity contribution in [3.63, 3.8) is 0 Å². The molecule has 0 saturated carbocycles. The van der Waals surface area contributed by atoms with E-state index in [9.17, 15) is 0 Å². The molecule has 0 saturated heterocycles. The van der Waals surface area contributed by atoms with E-state index in [1.807, 2.05) is 6.92 Å². The predicted molar refractivity (Wildman–Crippen MR) is 59.3 cm³/mol. The van der Waals surface area contributed by atoms with Crippen LogP contribution in [0.1, 0.15) is 12.8 Å². The predicted octanol–water partition coefficient (Wildman–Crippen LogP) is 0.645. The third kappa shape index (κ3) is 2.76. The van der Waals surface area contributed by atoms with Gasteiger partial charge in [-0.05, 0) is 12.6 Å². The van der Waals surface area contributed by atoms with Gasteiger partial charge < -0.3 is 14.6 Å². The van der Waals surface area contributed by atoms with E-state index >= 15 is 0 Å². The molecule has 1 N–H and O–H groups in total. The molecule has 0 atom stereocenters. The molecular formula is C10H13N5O2. The fourth-order valence-electron chi connectivity index (χ4n) is 1.21. The quantitative estimate of drug-likeness (QED) is 0.813. The van der Waals surface area contributed by atoms with Gasteiger partial charge in [0.2, 0.25) is 17.6 Å². The van der Waals surface area contributed by atoms with Gasteiger partial charge in [0.25, 0.3) is 0 Å². The van der Waals surface area contributed by atoms with Crippen molar-refractivity contribution in [2.24, 2.45) is 0 Å². The van der Waals surface area contributed by atoms with Crippen LogP contribution in [-0.4, -0.2) is 34.0 Å². The number of hydrogen-bond donors (Lipinski definition) is 1. The second kappa shape index (κ2) is 5.35. The summed E-state index contributed by atoms with van der Waals surface area (Å²) in [6, 6.07) is 3.43. The fraction of sp³-hybridized carbons (Fsp3) is 0.400. The van der Waals surface area contributed by atoms with E-state index in [4.69, 9.17) is 9.26 Å². The SMILES string of the molecule is CCNCc1nc(-c2ccc(OC)nn2)no1. The van der Waals surface area contributed by atoms with Crippen molar-refractivity contribution in [2.45, 2.75) is 13.5 Å². The lowest BCUT2D eigenvalue weighted by Gasteiger charge is -1.96. The summed E-state index contributed by atoms with van der Waals surface area (Å²) in [5.41, 5.74) is 0.553. The van der Waals surface area contributed by atoms with Gasteiger partial charge in [0.1, 0.15) is 5.69 Å². The summed E-state index contributed by atoms with van der Waals surface area (Å²) < 4.78 is 9.97. The minimum Gasteiger partial charge on any atom is -0.480 e. The molecule has 0 radical (unpaired) electrons. The first kappa shape index (κ1) is 11.5. The van der Waals surface area contributed by atoms with E-state index in [1.54, 1.807) is 12.1 Å². The van der Waals surface area contributed by atoms with Crippen molar-refractivity contribution in [3.05, 3.63) is 18.0 Å². The molecule has 90 valence electrons. The number of nitrogens with zero attached hydrogens (tertiary/aromatic N) is 4. The maximum Gasteiger partial charge on any atom is 0.240 e. The van der Waals surface area contributed by atoms with Crippen LogP contribution in [0.2, 0.25) is 0 Å². The maximum absolute atomic E-state index is 5.06. The van der Waals surface area contributed by atoms with Gasteiger partial charge in [-0.25, -0.2) is 0 Å². The molecule has 0 bridgehead atoms. The van der Waals surface area contributed by atoms with Crippen LogP contribution in [0.15, 0.2) is 16.7 Å². The lowest BCUT2D eigenvalue weighted by atomic mass is 10.4. The van der Waals surface area contributed by atoms with Crippen molar-refractivity contribution < 1.29 is 9.26 Å². The molecular weight excluding hydrogens is 222 g/mol. The molecule has 0 amide bonds. The van der Waals surface area contributed by atoms with Gasteiger partial charge in [-0.1, -0.05) is 12.1 Å². The zero-order valence-electron chi connectivity index (χ0n) is 9.67. The Balaban J connectivity index is 2.12. The van der Waals surface area contributed by atoms with E-state index in [0.29, 0.717) is 29.8 Å². The summed E-state index contributed by atoms with van der Waals surface area (Å²) >= 11 is 0. The first-order chi connectivity index (χ1) is 8.33. The first-order valence-electron chi connectivity index (χ1n) is 5.25. The van der Waals surface area contributed by atoms with Crippen LogP contribution in [-0.2, 0) is 6.54 Å². The van der Waals surface area contributed by atoms with Gasteiger partial charge >= 0.3 is 0 Å². The zero-order chi connectivity index (χ0) is 12.1. The van der Waals surface area contributed by atoms with Gasteiger partial charge in [-0.15, -0.1) is 10.2 Å². The second-order valence-electron chi connectivity index (χ2n) is 3.25. The van der Waals surface area contributed by atoms with Crippen molar-refractivity contribution in [1.82, 2.24) is 25.7 Å². The van der Waals surface area contributed by atoms with Crippen LogP contribution in [0.3, 0.4) is 0 Å². The highest BCUT2D eigenvalue weighted by Gasteiger charge is 2.09. The normalized spacial score (nSPS) is 10.5. The van der Waals surface area contributed by atoms with E-state index in [0.717, 1.165) is 6.54 Å². The number of methoxy groups -OCH3 is 1. The Labute approximate surface area is 98.2 Å². The molecule has 7 nitrogen and oxygen atoms in total. The van der Waals surface area contributed by atoms with Gasteiger partial charge in [0, 0.05) is 6.07 Å². The summed E-state index contributed by atoms with van der Waals surface area (Å²) in [6.07, 6.45) is 0. The van der Waals surface area contributed by atoms with E-state index in [1.165, 1.54) is 7.11 Å². The minimum absolute atomic E-state index is 0.424. The lowest BCUT2D eigenvalue weighted by molar-refractivity contribution is 0.369. The van der Waals surface area contributed by atoms with Crippen LogP contribution in [0.4, 0.5) is 0 Å². The first-order valence-corrected chi connectivity index (χ1v) is 5.25. The van der Waals surface area contributed by atoms with Gasteiger partial charge in [-0.3, -0.25) is 0 Å². The van der Waals surface area contributed by atoms with Crippen molar-refractivity contribution in [3.8, 4) is 17.4 Å². The number of hydrogen-bond acceptors (Lipinski definition) is 7. The summed E-state index contributed by atoms with van der Waals surface area (Å²) in [6.45, 7) is 3.40. The molecule has 0 unspecified atom stereocenters. The molecule has 0 aliphatic carbocycles. The Bertz CT molecular complexity index is 468. The number of ether oxygens (including phenoxy) is 1. The largest absolute Gasteiger partial charge is 0.480 e. The monoisotopic (exact) mass is 235 g/mol. The van der Waals surface area contributed by atoms with Crippen LogP contribution in [0.5, 0.6) is 5.88 Å². The lowest BCUT2D eigenvalue weighted by Crippen LogP contribution is -2.11. The molecule has 2 aromatic rings. The number of aromatic nitrogens is 4. The maximum atomic E-state index is 5.06. The van der Waals surface area contributed by atoms with Crippen LogP contribution in [0, 0.1) is 0 Å². The summed E-state index contributed by atoms with van der Waals surface area (Å²) in [7, 11) is 1.53. The van der Waals surface area contributed by atoms with Crippen LogP contribution in [0.25, 0.3) is 11.5 Å². The average molecular weight is 235 g/mol. The number of nitrogens with one attached hydrogen (secondary N) is 1. The Morgan fingerprint density at radius 3 is 2.88 bits per heavy atom. The highest BCUT2D eigenvalue weighted by Crippen LogP contribution is 2.14. The van der Waals surface area contributed by atoms with E-state index in [2.05, 4.69) is 25.7 Å². The molecule has 0 aliphatic heterocycles. The third-order valence-electron chi connectivity index (χ3n) is 2.07. The van der Waals surface area contributed by atoms with Gasteiger partial charge in [-0.2, -0.15) is 4.98 Å². The molecule has 2 rings (SSSR count). The fourth-order valence-corrected chi connectivity index (χ4v) is 1.21. The highest BCUT2D eigenvalue weighted by atomic mass is 16.5. The molecule has 0 aliphatic rings. The molecule has 17 heavy (non-hydrogen) atoms. The van der Waals surface area contributed by atoms with E-state index < -0.39 is 0 Å². The smallest absolute Gasteiger partial charge is 0.240 e. The Morgan fingerprint density at radius 1 is 1.35 bits per heavy atom. The van der Waals surface area contributed by atoms with Crippen LogP contribution >= 0.6 is 0 Å². The highest BCUT2D eigenvalue weighted by molar-refractivity contribution is 5.47. The molecule has 0 aromatic carbocycles. The molecule has 0 spiro atoms. The Hall–Kier alpha value is -2.02. The van der Waals surface area contributed by atoms with Crippen molar-refractivity contribution >= 4 is 0 Å². The molecule has 2 heterocycles. The molecule has 2 aromatic heterocycles. The second-order valence-corrected chi connectivity index (χ2v) is 3.25. The minimum atomic E-state index is 0.424. The van der Waals surface area contributed by atoms with Crippen molar-refractivity contribution in [2.75, 3.05) is 13.7 Å². The summed E-state index contributed by atoms with van der Waals surface area (Å²) in [4.78, 5) is 4.19. The summed E-state index contributed by atoms with van der Waals surface area (Å²) in [5.74, 6) is 1.40. The van der Waals surface area contributed by atoms with E-state index in [-0.39, 0.29) is 0 Å². The molecule has 0 fully saturated rings. The summed E-state index contributed by atoms with van der Waals surface area (Å²) in [5, 5.41) is 14.7. The average Bonchev–Trinajstić information content (AvgIpc) is 2.85. The molecule has 7 heteroatoms. The van der Waals surface area contributed by atoms with Gasteiger partial charge in [0.15, 0.2) is 0 Å². The topological polar surface area (TPSA) is 86.0 Å². The Morgan fingerprint density at radius 2 is 2.24 bits per heavy atom. The zero-order valence-corrected chi connectivity index (χ0v) is 9.67. The van der Waals surface area contributed by atoms with Crippen molar-refractivity contribution in [1.29, 1.82) is 0 Å². The van der Waals surface area contributed by atoms with Crippen LogP contribution < -0.4 is 10.1 Å².